The molecule has 2 aromatic rings. The number of sulfone groups is 1. The Morgan fingerprint density at radius 2 is 1.83 bits per heavy atom. The van der Waals surface area contributed by atoms with Crippen LogP contribution < -0.4 is 15.4 Å². The molecule has 0 bridgehead atoms. The molecule has 0 saturated carbocycles. The van der Waals surface area contributed by atoms with Crippen LogP contribution in [0.25, 0.3) is 0 Å². The molecule has 0 aliphatic heterocycles. The van der Waals surface area contributed by atoms with Gasteiger partial charge in [-0.3, -0.25) is 0 Å². The summed E-state index contributed by atoms with van der Waals surface area (Å²) in [4.78, 5) is 4.90. The monoisotopic (exact) mass is 550 g/mol. The Bertz CT molecular complexity index is 890. The molecular formula is C20H31IN4O4S. The number of ether oxygens (including phenoxy) is 1. The molecule has 0 spiro atoms. The maximum Gasteiger partial charge on any atom is 0.191 e. The van der Waals surface area contributed by atoms with Gasteiger partial charge in [-0.1, -0.05) is 19.0 Å². The minimum absolute atomic E-state index is 0. The third-order valence-corrected chi connectivity index (χ3v) is 5.39. The van der Waals surface area contributed by atoms with Crippen LogP contribution in [0.4, 0.5) is 0 Å². The number of hydrogen-bond donors (Lipinski definition) is 2. The quantitative estimate of drug-likeness (QED) is 0.203. The Kier molecular flexibility index (Phi) is 11.2. The zero-order valence-corrected chi connectivity index (χ0v) is 21.0. The number of guanidine groups is 1. The molecule has 0 saturated heterocycles. The van der Waals surface area contributed by atoms with E-state index in [0.29, 0.717) is 31.4 Å². The third-order valence-electron chi connectivity index (χ3n) is 4.26. The van der Waals surface area contributed by atoms with E-state index < -0.39 is 9.84 Å². The van der Waals surface area contributed by atoms with Gasteiger partial charge in [0, 0.05) is 24.8 Å². The van der Waals surface area contributed by atoms with Gasteiger partial charge in [-0.15, -0.1) is 24.0 Å². The summed E-state index contributed by atoms with van der Waals surface area (Å²) >= 11 is 0. The number of aromatic nitrogens is 1. The van der Waals surface area contributed by atoms with Gasteiger partial charge < -0.3 is 19.9 Å². The van der Waals surface area contributed by atoms with E-state index in [1.54, 1.807) is 24.3 Å². The molecule has 0 fully saturated rings. The van der Waals surface area contributed by atoms with Crippen LogP contribution in [0.2, 0.25) is 0 Å². The van der Waals surface area contributed by atoms with Gasteiger partial charge in [-0.2, -0.15) is 0 Å². The zero-order chi connectivity index (χ0) is 21.3. The summed E-state index contributed by atoms with van der Waals surface area (Å²) in [5.41, 5.74) is 2.00. The van der Waals surface area contributed by atoms with Crippen LogP contribution in [0.15, 0.2) is 38.7 Å². The Morgan fingerprint density at radius 3 is 2.40 bits per heavy atom. The topological polar surface area (TPSA) is 106 Å². The molecule has 10 heteroatoms. The van der Waals surface area contributed by atoms with Crippen LogP contribution in [-0.2, 0) is 29.2 Å². The van der Waals surface area contributed by atoms with Gasteiger partial charge in [0.05, 0.1) is 23.7 Å². The summed E-state index contributed by atoms with van der Waals surface area (Å²) in [7, 11) is -3.20. The second-order valence-corrected chi connectivity index (χ2v) is 8.47. The fourth-order valence-corrected chi connectivity index (χ4v) is 3.37. The van der Waals surface area contributed by atoms with E-state index in [0.717, 1.165) is 36.4 Å². The average molecular weight is 550 g/mol. The first-order valence-corrected chi connectivity index (χ1v) is 11.7. The maximum atomic E-state index is 11.5. The first-order chi connectivity index (χ1) is 13.9. The molecule has 168 valence electrons. The second kappa shape index (κ2) is 12.8. The molecule has 1 heterocycles. The van der Waals surface area contributed by atoms with Crippen molar-refractivity contribution in [2.24, 2.45) is 4.99 Å². The van der Waals surface area contributed by atoms with Crippen molar-refractivity contribution in [3.8, 4) is 5.75 Å². The number of nitrogens with one attached hydrogen (secondary N) is 2. The summed E-state index contributed by atoms with van der Waals surface area (Å²) in [6.07, 6.45) is 2.78. The summed E-state index contributed by atoms with van der Waals surface area (Å²) < 4.78 is 34.0. The Balaban J connectivity index is 0.00000450. The van der Waals surface area contributed by atoms with Gasteiger partial charge in [-0.05, 0) is 37.6 Å². The van der Waals surface area contributed by atoms with Crippen molar-refractivity contribution in [1.82, 2.24) is 15.8 Å². The molecule has 0 radical (unpaired) electrons. The number of aliphatic imine (C=N–C) groups is 1. The molecule has 0 aliphatic rings. The first-order valence-electron chi connectivity index (χ1n) is 9.80. The van der Waals surface area contributed by atoms with Crippen molar-refractivity contribution < 1.29 is 17.7 Å². The van der Waals surface area contributed by atoms with Gasteiger partial charge in [0.1, 0.15) is 18.1 Å². The Hall–Kier alpha value is -1.82. The fraction of sp³-hybridized carbons (Fsp3) is 0.500. The molecule has 2 rings (SSSR count). The average Bonchev–Trinajstić information content (AvgIpc) is 3.11. The molecule has 0 amide bonds. The van der Waals surface area contributed by atoms with Gasteiger partial charge >= 0.3 is 0 Å². The number of hydrogen-bond acceptors (Lipinski definition) is 6. The Morgan fingerprint density at radius 1 is 1.13 bits per heavy atom. The predicted molar refractivity (Wildman–Crippen MR) is 129 cm³/mol. The minimum atomic E-state index is -3.20. The summed E-state index contributed by atoms with van der Waals surface area (Å²) in [5.74, 6) is 2.18. The number of benzene rings is 1. The number of halogens is 1. The fourth-order valence-electron chi connectivity index (χ4n) is 2.74. The summed E-state index contributed by atoms with van der Waals surface area (Å²) in [6.45, 7) is 8.29. The highest BCUT2D eigenvalue weighted by Gasteiger charge is 2.13. The van der Waals surface area contributed by atoms with Crippen LogP contribution in [0.3, 0.4) is 0 Å². The molecule has 1 aromatic carbocycles. The molecule has 0 atom stereocenters. The van der Waals surface area contributed by atoms with Crippen LogP contribution in [0.1, 0.15) is 37.8 Å². The number of nitrogens with zero attached hydrogens (tertiary/aromatic N) is 2. The van der Waals surface area contributed by atoms with Gasteiger partial charge in [0.2, 0.25) is 0 Å². The smallest absolute Gasteiger partial charge is 0.191 e. The van der Waals surface area contributed by atoms with Crippen LogP contribution in [0.5, 0.6) is 5.75 Å². The maximum absolute atomic E-state index is 11.5. The van der Waals surface area contributed by atoms with Crippen molar-refractivity contribution in [3.05, 3.63) is 41.3 Å². The molecule has 0 unspecified atom stereocenters. The van der Waals surface area contributed by atoms with Crippen molar-refractivity contribution in [1.29, 1.82) is 0 Å². The van der Waals surface area contributed by atoms with E-state index in [1.165, 1.54) is 6.26 Å². The van der Waals surface area contributed by atoms with Crippen molar-refractivity contribution in [3.63, 3.8) is 0 Å². The summed E-state index contributed by atoms with van der Waals surface area (Å²) in [5, 5.41) is 10.6. The van der Waals surface area contributed by atoms with Crippen molar-refractivity contribution in [2.45, 2.75) is 45.1 Å². The second-order valence-electron chi connectivity index (χ2n) is 6.45. The lowest BCUT2D eigenvalue weighted by atomic mass is 10.1. The molecular weight excluding hydrogens is 519 g/mol. The summed E-state index contributed by atoms with van der Waals surface area (Å²) in [6, 6.07) is 6.39. The third kappa shape index (κ3) is 7.78. The zero-order valence-electron chi connectivity index (χ0n) is 17.9. The highest BCUT2D eigenvalue weighted by Crippen LogP contribution is 2.17. The number of rotatable bonds is 10. The largest absolute Gasteiger partial charge is 0.492 e. The lowest BCUT2D eigenvalue weighted by Crippen LogP contribution is -2.39. The number of aryl methyl sites for hydroxylation is 2. The van der Waals surface area contributed by atoms with Gasteiger partial charge in [-0.25, -0.2) is 13.4 Å². The Labute approximate surface area is 195 Å². The molecule has 8 nitrogen and oxygen atoms in total. The van der Waals surface area contributed by atoms with E-state index in [2.05, 4.69) is 20.8 Å². The van der Waals surface area contributed by atoms with Crippen LogP contribution >= 0.6 is 24.0 Å². The molecule has 1 aromatic heterocycles. The van der Waals surface area contributed by atoms with Crippen molar-refractivity contribution in [2.75, 3.05) is 26.0 Å². The van der Waals surface area contributed by atoms with Gasteiger partial charge in [0.25, 0.3) is 0 Å². The van der Waals surface area contributed by atoms with E-state index >= 15 is 0 Å². The standard InChI is InChI=1S/C20H30N4O4S.HI/c1-5-18-17(19(6-2)28-24-18)14-23-20(21-7-3)22-12-13-27-15-8-10-16(11-9-15)29(4,25)26;/h8-11H,5-7,12-14H2,1-4H3,(H2,21,22,23);1H. The highest BCUT2D eigenvalue weighted by molar-refractivity contribution is 14.0. The highest BCUT2D eigenvalue weighted by atomic mass is 127. The molecule has 30 heavy (non-hydrogen) atoms. The predicted octanol–water partition coefficient (Wildman–Crippen LogP) is 2.96. The van der Waals surface area contributed by atoms with Crippen LogP contribution in [-0.4, -0.2) is 45.5 Å². The molecule has 2 N–H and O–H groups in total. The van der Waals surface area contributed by atoms with Crippen molar-refractivity contribution >= 4 is 39.8 Å². The first kappa shape index (κ1) is 26.2. The normalized spacial score (nSPS) is 11.7. The minimum Gasteiger partial charge on any atom is -0.492 e. The lowest BCUT2D eigenvalue weighted by molar-refractivity contribution is 0.321. The van der Waals surface area contributed by atoms with E-state index in [1.807, 2.05) is 20.8 Å². The van der Waals surface area contributed by atoms with E-state index in [-0.39, 0.29) is 28.9 Å². The van der Waals surface area contributed by atoms with E-state index in [4.69, 9.17) is 9.26 Å². The SMILES string of the molecule is CCNC(=NCc1c(CC)noc1CC)NCCOc1ccc(S(C)(=O)=O)cc1.I. The molecule has 0 aliphatic carbocycles. The van der Waals surface area contributed by atoms with E-state index in [9.17, 15) is 8.42 Å². The van der Waals surface area contributed by atoms with Crippen LogP contribution in [0, 0.1) is 0 Å². The lowest BCUT2D eigenvalue weighted by Gasteiger charge is -2.12. The van der Waals surface area contributed by atoms with Gasteiger partial charge in [0.15, 0.2) is 15.8 Å².